The third-order valence-electron chi connectivity index (χ3n) is 1.91. The van der Waals surface area contributed by atoms with Gasteiger partial charge in [-0.1, -0.05) is 22.9 Å². The lowest BCUT2D eigenvalue weighted by atomic mass is 9.96. The summed E-state index contributed by atoms with van der Waals surface area (Å²) in [4.78, 5) is 0. The van der Waals surface area contributed by atoms with Gasteiger partial charge in [-0.05, 0) is 19.3 Å². The normalized spacial score (nSPS) is 16.4. The lowest BCUT2D eigenvalue weighted by Crippen LogP contribution is -2.22. The Morgan fingerprint density at radius 2 is 2.09 bits per heavy atom. The number of halogens is 1. The van der Waals surface area contributed by atoms with Gasteiger partial charge >= 0.3 is 0 Å². The first-order valence-electron chi connectivity index (χ1n) is 4.11. The summed E-state index contributed by atoms with van der Waals surface area (Å²) in [6.45, 7) is 2.03. The van der Waals surface area contributed by atoms with E-state index < -0.39 is 0 Å². The highest BCUT2D eigenvalue weighted by atomic mass is 79.9. The SMILES string of the molecule is CCC(O)C(CO)CCCBr. The van der Waals surface area contributed by atoms with Crippen molar-refractivity contribution in [2.24, 2.45) is 5.92 Å². The molecule has 0 aromatic heterocycles. The van der Waals surface area contributed by atoms with Crippen molar-refractivity contribution in [3.05, 3.63) is 0 Å². The molecule has 0 aromatic carbocycles. The molecule has 0 spiro atoms. The smallest absolute Gasteiger partial charge is 0.0587 e. The average Bonchev–Trinajstić information content (AvgIpc) is 2.05. The molecule has 0 amide bonds. The van der Waals surface area contributed by atoms with Gasteiger partial charge in [0.05, 0.1) is 6.10 Å². The molecule has 0 aliphatic heterocycles. The van der Waals surface area contributed by atoms with Crippen molar-refractivity contribution in [3.63, 3.8) is 0 Å². The maximum atomic E-state index is 9.37. The molecule has 0 saturated carbocycles. The standard InChI is InChI=1S/C8H17BrO2/c1-2-8(11)7(6-10)4-3-5-9/h7-8,10-11H,2-6H2,1H3. The molecule has 3 heteroatoms. The number of hydrogen-bond donors (Lipinski definition) is 2. The van der Waals surface area contributed by atoms with Gasteiger partial charge in [-0.15, -0.1) is 0 Å². The minimum Gasteiger partial charge on any atom is -0.396 e. The van der Waals surface area contributed by atoms with Gasteiger partial charge in [-0.3, -0.25) is 0 Å². The van der Waals surface area contributed by atoms with Gasteiger partial charge in [0.15, 0.2) is 0 Å². The van der Waals surface area contributed by atoms with Crippen LogP contribution in [0.1, 0.15) is 26.2 Å². The molecule has 2 unspecified atom stereocenters. The van der Waals surface area contributed by atoms with Crippen molar-refractivity contribution in [3.8, 4) is 0 Å². The second-order valence-electron chi connectivity index (χ2n) is 2.75. The van der Waals surface area contributed by atoms with Gasteiger partial charge in [-0.2, -0.15) is 0 Å². The Bertz CT molecular complexity index is 88.2. The van der Waals surface area contributed by atoms with Crippen LogP contribution in [0.15, 0.2) is 0 Å². The second kappa shape index (κ2) is 7.07. The van der Waals surface area contributed by atoms with Crippen molar-refractivity contribution < 1.29 is 10.2 Å². The summed E-state index contributed by atoms with van der Waals surface area (Å²) in [6, 6.07) is 0. The van der Waals surface area contributed by atoms with Gasteiger partial charge in [-0.25, -0.2) is 0 Å². The van der Waals surface area contributed by atoms with Crippen LogP contribution in [-0.4, -0.2) is 28.3 Å². The molecule has 2 atom stereocenters. The molecule has 0 fully saturated rings. The lowest BCUT2D eigenvalue weighted by molar-refractivity contribution is 0.0596. The Kier molecular flexibility index (Phi) is 7.33. The van der Waals surface area contributed by atoms with Crippen molar-refractivity contribution in [1.29, 1.82) is 0 Å². The van der Waals surface area contributed by atoms with Gasteiger partial charge in [0, 0.05) is 17.9 Å². The van der Waals surface area contributed by atoms with E-state index in [9.17, 15) is 5.11 Å². The first kappa shape index (κ1) is 11.4. The Labute approximate surface area is 76.7 Å². The minimum absolute atomic E-state index is 0.0672. The summed E-state index contributed by atoms with van der Waals surface area (Å²) in [6.07, 6.45) is 2.31. The highest BCUT2D eigenvalue weighted by Gasteiger charge is 2.15. The minimum atomic E-state index is -0.334. The van der Waals surface area contributed by atoms with Crippen molar-refractivity contribution in [2.45, 2.75) is 32.3 Å². The highest BCUT2D eigenvalue weighted by molar-refractivity contribution is 9.09. The van der Waals surface area contributed by atoms with Crippen molar-refractivity contribution in [1.82, 2.24) is 0 Å². The predicted octanol–water partition coefficient (Wildman–Crippen LogP) is 1.54. The van der Waals surface area contributed by atoms with E-state index in [0.29, 0.717) is 0 Å². The Morgan fingerprint density at radius 1 is 1.45 bits per heavy atom. The van der Waals surface area contributed by atoms with E-state index in [-0.39, 0.29) is 18.6 Å². The highest BCUT2D eigenvalue weighted by Crippen LogP contribution is 2.14. The topological polar surface area (TPSA) is 40.5 Å². The summed E-state index contributed by atoms with van der Waals surface area (Å²) in [5.74, 6) is 0.0672. The van der Waals surface area contributed by atoms with E-state index in [1.807, 2.05) is 6.92 Å². The van der Waals surface area contributed by atoms with Gasteiger partial charge < -0.3 is 10.2 Å². The first-order valence-corrected chi connectivity index (χ1v) is 5.23. The molecule has 0 heterocycles. The molecule has 11 heavy (non-hydrogen) atoms. The van der Waals surface area contributed by atoms with Crippen LogP contribution in [-0.2, 0) is 0 Å². The summed E-state index contributed by atoms with van der Waals surface area (Å²) < 4.78 is 0. The molecule has 0 saturated heterocycles. The van der Waals surface area contributed by atoms with Gasteiger partial charge in [0.1, 0.15) is 0 Å². The van der Waals surface area contributed by atoms with Crippen LogP contribution < -0.4 is 0 Å². The van der Waals surface area contributed by atoms with Gasteiger partial charge in [0.25, 0.3) is 0 Å². The van der Waals surface area contributed by atoms with Crippen LogP contribution in [0, 0.1) is 5.92 Å². The Hall–Kier alpha value is 0.400. The average molecular weight is 225 g/mol. The fourth-order valence-electron chi connectivity index (χ4n) is 1.08. The molecule has 0 radical (unpaired) electrons. The van der Waals surface area contributed by atoms with Crippen LogP contribution >= 0.6 is 15.9 Å². The van der Waals surface area contributed by atoms with E-state index in [0.717, 1.165) is 24.6 Å². The van der Waals surface area contributed by atoms with Crippen LogP contribution in [0.3, 0.4) is 0 Å². The Balaban J connectivity index is 3.56. The lowest BCUT2D eigenvalue weighted by Gasteiger charge is -2.18. The summed E-state index contributed by atoms with van der Waals surface area (Å²) in [7, 11) is 0. The maximum Gasteiger partial charge on any atom is 0.0587 e. The van der Waals surface area contributed by atoms with Crippen molar-refractivity contribution in [2.75, 3.05) is 11.9 Å². The number of rotatable bonds is 6. The molecular formula is C8H17BrO2. The van der Waals surface area contributed by atoms with E-state index in [1.54, 1.807) is 0 Å². The number of alkyl halides is 1. The largest absolute Gasteiger partial charge is 0.396 e. The molecule has 0 aliphatic rings. The molecule has 0 bridgehead atoms. The summed E-state index contributed by atoms with van der Waals surface area (Å²) in [5.41, 5.74) is 0. The third kappa shape index (κ3) is 4.77. The Morgan fingerprint density at radius 3 is 2.45 bits per heavy atom. The van der Waals surface area contributed by atoms with Crippen LogP contribution in [0.2, 0.25) is 0 Å². The van der Waals surface area contributed by atoms with Gasteiger partial charge in [0.2, 0.25) is 0 Å². The third-order valence-corrected chi connectivity index (χ3v) is 2.47. The fraction of sp³-hybridized carbons (Fsp3) is 1.00. The van der Waals surface area contributed by atoms with Crippen LogP contribution in [0.25, 0.3) is 0 Å². The molecule has 2 N–H and O–H groups in total. The zero-order valence-corrected chi connectivity index (χ0v) is 8.55. The van der Waals surface area contributed by atoms with Crippen LogP contribution in [0.4, 0.5) is 0 Å². The zero-order chi connectivity index (χ0) is 8.69. The van der Waals surface area contributed by atoms with E-state index >= 15 is 0 Å². The molecule has 68 valence electrons. The van der Waals surface area contributed by atoms with E-state index in [1.165, 1.54) is 0 Å². The second-order valence-corrected chi connectivity index (χ2v) is 3.54. The molecule has 2 nitrogen and oxygen atoms in total. The fourth-order valence-corrected chi connectivity index (χ4v) is 1.40. The van der Waals surface area contributed by atoms with Crippen LogP contribution in [0.5, 0.6) is 0 Å². The zero-order valence-electron chi connectivity index (χ0n) is 6.96. The van der Waals surface area contributed by atoms with Crippen molar-refractivity contribution >= 4 is 15.9 Å². The van der Waals surface area contributed by atoms with E-state index in [2.05, 4.69) is 15.9 Å². The van der Waals surface area contributed by atoms with E-state index in [4.69, 9.17) is 5.11 Å². The number of aliphatic hydroxyl groups is 2. The summed E-state index contributed by atoms with van der Waals surface area (Å²) in [5, 5.41) is 19.2. The quantitative estimate of drug-likeness (QED) is 0.673. The molecule has 0 aliphatic carbocycles. The monoisotopic (exact) mass is 224 g/mol. The number of aliphatic hydroxyl groups excluding tert-OH is 2. The number of hydrogen-bond acceptors (Lipinski definition) is 2. The summed E-state index contributed by atoms with van der Waals surface area (Å²) >= 11 is 3.31. The predicted molar refractivity (Wildman–Crippen MR) is 49.9 cm³/mol. The maximum absolute atomic E-state index is 9.37. The molecule has 0 aromatic rings. The molecule has 0 rings (SSSR count). The first-order chi connectivity index (χ1) is 5.26. The molecular weight excluding hydrogens is 208 g/mol.